The summed E-state index contributed by atoms with van der Waals surface area (Å²) < 4.78 is 50.6. The number of aromatic amines is 1. The number of halogens is 4. The van der Waals surface area contributed by atoms with Gasteiger partial charge in [-0.2, -0.15) is 5.10 Å². The van der Waals surface area contributed by atoms with E-state index < -0.39 is 34.7 Å². The Balaban J connectivity index is 2.84. The van der Waals surface area contributed by atoms with Crippen LogP contribution >= 0.6 is 0 Å². The molecule has 2 rings (SSSR count). The van der Waals surface area contributed by atoms with Gasteiger partial charge in [-0.25, -0.2) is 17.6 Å². The molecule has 1 N–H and O–H groups in total. The van der Waals surface area contributed by atoms with Crippen LogP contribution in [0.25, 0.3) is 10.9 Å². The zero-order valence-electron chi connectivity index (χ0n) is 6.69. The number of hydrogen-bond acceptors (Lipinski definition) is 1. The molecule has 1 heterocycles. The molecule has 2 nitrogen and oxygen atoms in total. The van der Waals surface area contributed by atoms with Crippen molar-refractivity contribution in [2.24, 2.45) is 0 Å². The van der Waals surface area contributed by atoms with Gasteiger partial charge in [-0.1, -0.05) is 0 Å². The number of benzene rings is 1. The van der Waals surface area contributed by atoms with Crippen molar-refractivity contribution in [1.82, 2.24) is 10.2 Å². The quantitative estimate of drug-likeness (QED) is 0.711. The fourth-order valence-electron chi connectivity index (χ4n) is 1.24. The molecular formula is C8H4F4N2. The van der Waals surface area contributed by atoms with Crippen LogP contribution in [0.3, 0.4) is 0 Å². The fourth-order valence-corrected chi connectivity index (χ4v) is 1.24. The molecule has 14 heavy (non-hydrogen) atoms. The van der Waals surface area contributed by atoms with Crippen LogP contribution in [0.1, 0.15) is 12.1 Å². The van der Waals surface area contributed by atoms with E-state index in [1.807, 2.05) is 5.10 Å². The van der Waals surface area contributed by atoms with Crippen LogP contribution in [-0.4, -0.2) is 10.2 Å². The van der Waals surface area contributed by atoms with E-state index in [4.69, 9.17) is 0 Å². The average molecular weight is 204 g/mol. The molecule has 6 heteroatoms. The van der Waals surface area contributed by atoms with Gasteiger partial charge < -0.3 is 0 Å². The predicted molar refractivity (Wildman–Crippen MR) is 41.0 cm³/mol. The van der Waals surface area contributed by atoms with Gasteiger partial charge in [0.2, 0.25) is 0 Å². The van der Waals surface area contributed by atoms with E-state index in [1.165, 1.54) is 0 Å². The van der Waals surface area contributed by atoms with E-state index in [0.29, 0.717) is 0 Å². The molecule has 0 fully saturated rings. The van der Waals surface area contributed by atoms with E-state index in [9.17, 15) is 17.6 Å². The molecule has 0 unspecified atom stereocenters. The SMILES string of the molecule is Fc1ccc(F)c2c(C(F)F)[nH]nc12. The monoisotopic (exact) mass is 204 g/mol. The van der Waals surface area contributed by atoms with Crippen molar-refractivity contribution in [3.8, 4) is 0 Å². The fraction of sp³-hybridized carbons (Fsp3) is 0.125. The largest absolute Gasteiger partial charge is 0.280 e. The molecule has 0 bridgehead atoms. The number of aromatic nitrogens is 2. The summed E-state index contributed by atoms with van der Waals surface area (Å²) in [6, 6.07) is 1.63. The second kappa shape index (κ2) is 2.97. The van der Waals surface area contributed by atoms with Gasteiger partial charge in [-0.15, -0.1) is 0 Å². The molecule has 74 valence electrons. The number of fused-ring (bicyclic) bond motifs is 1. The summed E-state index contributed by atoms with van der Waals surface area (Å²) in [7, 11) is 0. The first kappa shape index (κ1) is 8.98. The van der Waals surface area contributed by atoms with Gasteiger partial charge in [0, 0.05) is 0 Å². The van der Waals surface area contributed by atoms with Crippen molar-refractivity contribution in [3.63, 3.8) is 0 Å². The summed E-state index contributed by atoms with van der Waals surface area (Å²) in [6.07, 6.45) is -2.91. The molecule has 0 aliphatic rings. The Morgan fingerprint density at radius 2 is 1.79 bits per heavy atom. The molecule has 0 aliphatic carbocycles. The lowest BCUT2D eigenvalue weighted by Crippen LogP contribution is -1.87. The average Bonchev–Trinajstić information content (AvgIpc) is 2.56. The van der Waals surface area contributed by atoms with Crippen LogP contribution in [0.15, 0.2) is 12.1 Å². The number of nitrogens with zero attached hydrogens (tertiary/aromatic N) is 1. The second-order valence-corrected chi connectivity index (χ2v) is 2.69. The first-order valence-electron chi connectivity index (χ1n) is 3.71. The van der Waals surface area contributed by atoms with Crippen molar-refractivity contribution in [1.29, 1.82) is 0 Å². The van der Waals surface area contributed by atoms with E-state index in [1.54, 1.807) is 0 Å². The second-order valence-electron chi connectivity index (χ2n) is 2.69. The van der Waals surface area contributed by atoms with E-state index in [0.717, 1.165) is 12.1 Å². The summed E-state index contributed by atoms with van der Waals surface area (Å²) in [4.78, 5) is 0. The maximum Gasteiger partial charge on any atom is 0.280 e. The molecule has 0 saturated carbocycles. The van der Waals surface area contributed by atoms with Crippen LogP contribution < -0.4 is 0 Å². The predicted octanol–water partition coefficient (Wildman–Crippen LogP) is 2.78. The third-order valence-corrected chi connectivity index (χ3v) is 1.85. The first-order valence-corrected chi connectivity index (χ1v) is 3.71. The number of H-pyrrole nitrogens is 1. The van der Waals surface area contributed by atoms with Crippen LogP contribution in [0.5, 0.6) is 0 Å². The first-order chi connectivity index (χ1) is 6.61. The van der Waals surface area contributed by atoms with E-state index >= 15 is 0 Å². The third-order valence-electron chi connectivity index (χ3n) is 1.85. The number of rotatable bonds is 1. The molecule has 0 radical (unpaired) electrons. The van der Waals surface area contributed by atoms with Gasteiger partial charge >= 0.3 is 0 Å². The number of alkyl halides is 2. The van der Waals surface area contributed by atoms with Crippen LogP contribution in [0.4, 0.5) is 17.6 Å². The molecule has 2 aromatic rings. The standard InChI is InChI=1S/C8H4F4N2/c9-3-1-2-4(10)6-5(3)7(8(11)12)14-13-6/h1-2,8H,(H,13,14). The molecule has 1 aromatic heterocycles. The van der Waals surface area contributed by atoms with Crippen molar-refractivity contribution in [2.45, 2.75) is 6.43 Å². The van der Waals surface area contributed by atoms with E-state index in [-0.39, 0.29) is 0 Å². The Hall–Kier alpha value is -1.59. The Morgan fingerprint density at radius 3 is 2.43 bits per heavy atom. The maximum atomic E-state index is 13.1. The Morgan fingerprint density at radius 1 is 1.14 bits per heavy atom. The molecular weight excluding hydrogens is 200 g/mol. The highest BCUT2D eigenvalue weighted by Gasteiger charge is 2.19. The highest BCUT2D eigenvalue weighted by molar-refractivity contribution is 5.82. The van der Waals surface area contributed by atoms with Gasteiger partial charge in [-0.05, 0) is 12.1 Å². The molecule has 0 saturated heterocycles. The number of hydrogen-bond donors (Lipinski definition) is 1. The number of nitrogens with one attached hydrogen (secondary N) is 1. The van der Waals surface area contributed by atoms with E-state index in [2.05, 4.69) is 5.10 Å². The Labute approximate surface area is 75.5 Å². The molecule has 0 spiro atoms. The molecule has 1 aromatic carbocycles. The summed E-state index contributed by atoms with van der Waals surface area (Å²) in [5.74, 6) is -1.74. The molecule has 0 amide bonds. The van der Waals surface area contributed by atoms with Crippen molar-refractivity contribution >= 4 is 10.9 Å². The van der Waals surface area contributed by atoms with Gasteiger partial charge in [0.25, 0.3) is 6.43 Å². The normalized spacial score (nSPS) is 11.5. The van der Waals surface area contributed by atoms with Crippen molar-refractivity contribution in [3.05, 3.63) is 29.5 Å². The van der Waals surface area contributed by atoms with Gasteiger partial charge in [-0.3, -0.25) is 5.10 Å². The summed E-state index contributed by atoms with van der Waals surface area (Å²) >= 11 is 0. The highest BCUT2D eigenvalue weighted by Crippen LogP contribution is 2.28. The Kier molecular flexibility index (Phi) is 1.90. The lowest BCUT2D eigenvalue weighted by atomic mass is 10.2. The minimum atomic E-state index is -2.91. The summed E-state index contributed by atoms with van der Waals surface area (Å²) in [5.41, 5.74) is -1.10. The lowest BCUT2D eigenvalue weighted by molar-refractivity contribution is 0.147. The topological polar surface area (TPSA) is 28.7 Å². The van der Waals surface area contributed by atoms with Gasteiger partial charge in [0.05, 0.1) is 5.39 Å². The zero-order valence-corrected chi connectivity index (χ0v) is 6.69. The minimum Gasteiger partial charge on any atom is -0.275 e. The lowest BCUT2D eigenvalue weighted by Gasteiger charge is -1.96. The Bertz CT molecular complexity index is 477. The summed E-state index contributed by atoms with van der Waals surface area (Å²) in [5, 5.41) is 4.71. The third kappa shape index (κ3) is 1.14. The molecule has 0 atom stereocenters. The maximum absolute atomic E-state index is 13.1. The highest BCUT2D eigenvalue weighted by atomic mass is 19.3. The minimum absolute atomic E-state index is 0.403. The smallest absolute Gasteiger partial charge is 0.275 e. The van der Waals surface area contributed by atoms with Crippen molar-refractivity contribution < 1.29 is 17.6 Å². The van der Waals surface area contributed by atoms with Crippen molar-refractivity contribution in [2.75, 3.05) is 0 Å². The van der Waals surface area contributed by atoms with Crippen LogP contribution in [-0.2, 0) is 0 Å². The van der Waals surface area contributed by atoms with Crippen LogP contribution in [0, 0.1) is 11.6 Å². The van der Waals surface area contributed by atoms with Gasteiger partial charge in [0.15, 0.2) is 5.82 Å². The van der Waals surface area contributed by atoms with Crippen LogP contribution in [0.2, 0.25) is 0 Å². The summed E-state index contributed by atoms with van der Waals surface area (Å²) in [6.45, 7) is 0. The molecule has 0 aliphatic heterocycles. The zero-order chi connectivity index (χ0) is 10.3. The van der Waals surface area contributed by atoms with Gasteiger partial charge in [0.1, 0.15) is 17.0 Å².